The highest BCUT2D eigenvalue weighted by Crippen LogP contribution is 2.38. The Bertz CT molecular complexity index is 473. The second kappa shape index (κ2) is 6.31. The van der Waals surface area contributed by atoms with Crippen LogP contribution in [0.25, 0.3) is 0 Å². The fourth-order valence-corrected chi connectivity index (χ4v) is 3.75. The van der Waals surface area contributed by atoms with E-state index in [2.05, 4.69) is 12.1 Å². The highest BCUT2D eigenvalue weighted by molar-refractivity contribution is 6.02. The molecule has 0 aromatic heterocycles. The topological polar surface area (TPSA) is 26.3 Å². The molecule has 0 atom stereocenters. The summed E-state index contributed by atoms with van der Waals surface area (Å²) in [5, 5.41) is 0. The zero-order chi connectivity index (χ0) is 14.7. The molecule has 0 N–H and O–H groups in total. The first-order valence-corrected chi connectivity index (χ1v) is 8.54. The number of carbonyl (C=O) groups excluding carboxylic acids is 1. The monoisotopic (exact) mass is 286 g/mol. The van der Waals surface area contributed by atoms with Gasteiger partial charge in [0, 0.05) is 12.2 Å². The van der Waals surface area contributed by atoms with E-state index < -0.39 is 5.60 Å². The fourth-order valence-electron chi connectivity index (χ4n) is 3.75. The van der Waals surface area contributed by atoms with Gasteiger partial charge in [-0.05, 0) is 44.1 Å². The third-order valence-electron chi connectivity index (χ3n) is 5.25. The van der Waals surface area contributed by atoms with E-state index in [0.29, 0.717) is 6.61 Å². The first-order valence-electron chi connectivity index (χ1n) is 8.54. The SMILES string of the molecule is CCOC1(C(=O)c2ccc(C3CCC3)cc2)CCCCC1. The molecule has 0 amide bonds. The number of Topliss-reactive ketones (excluding diaryl/α,β-unsaturated/α-hetero) is 1. The molecule has 2 nitrogen and oxygen atoms in total. The predicted octanol–water partition coefficient (Wildman–Crippen LogP) is 4.88. The van der Waals surface area contributed by atoms with E-state index in [1.54, 1.807) is 0 Å². The van der Waals surface area contributed by atoms with Crippen molar-refractivity contribution in [2.24, 2.45) is 0 Å². The standard InChI is InChI=1S/C19H26O2/c1-2-21-19(13-4-3-5-14-19)18(20)17-11-9-16(10-12-17)15-7-6-8-15/h9-12,15H,2-8,13-14H2,1H3. The Labute approximate surface area is 127 Å². The molecule has 0 heterocycles. The van der Waals surface area contributed by atoms with E-state index in [0.717, 1.165) is 37.2 Å². The predicted molar refractivity (Wildman–Crippen MR) is 84.8 cm³/mol. The summed E-state index contributed by atoms with van der Waals surface area (Å²) in [7, 11) is 0. The van der Waals surface area contributed by atoms with Crippen molar-refractivity contribution in [3.63, 3.8) is 0 Å². The second-order valence-electron chi connectivity index (χ2n) is 6.57. The molecule has 0 radical (unpaired) electrons. The maximum atomic E-state index is 13.0. The maximum Gasteiger partial charge on any atom is 0.194 e. The molecule has 0 saturated heterocycles. The van der Waals surface area contributed by atoms with Crippen molar-refractivity contribution in [3.05, 3.63) is 35.4 Å². The van der Waals surface area contributed by atoms with E-state index in [1.165, 1.54) is 31.2 Å². The molecular weight excluding hydrogens is 260 g/mol. The Morgan fingerprint density at radius 1 is 1.10 bits per heavy atom. The van der Waals surface area contributed by atoms with Crippen molar-refractivity contribution >= 4 is 5.78 Å². The summed E-state index contributed by atoms with van der Waals surface area (Å²) in [4.78, 5) is 13.0. The number of ether oxygens (including phenoxy) is 1. The van der Waals surface area contributed by atoms with E-state index >= 15 is 0 Å². The molecule has 1 aromatic carbocycles. The Balaban J connectivity index is 1.78. The summed E-state index contributed by atoms with van der Waals surface area (Å²) in [6, 6.07) is 8.34. The highest BCUT2D eigenvalue weighted by atomic mass is 16.5. The van der Waals surface area contributed by atoms with E-state index in [1.807, 2.05) is 19.1 Å². The maximum absolute atomic E-state index is 13.0. The third kappa shape index (κ3) is 2.91. The molecule has 2 aliphatic carbocycles. The summed E-state index contributed by atoms with van der Waals surface area (Å²) in [5.74, 6) is 0.925. The van der Waals surface area contributed by atoms with Gasteiger partial charge in [0.05, 0.1) is 0 Å². The van der Waals surface area contributed by atoms with Crippen molar-refractivity contribution in [3.8, 4) is 0 Å². The van der Waals surface area contributed by atoms with Gasteiger partial charge in [-0.25, -0.2) is 0 Å². The van der Waals surface area contributed by atoms with E-state index in [9.17, 15) is 4.79 Å². The molecule has 0 bridgehead atoms. The lowest BCUT2D eigenvalue weighted by atomic mass is 9.77. The van der Waals surface area contributed by atoms with Crippen LogP contribution >= 0.6 is 0 Å². The average Bonchev–Trinajstić information content (AvgIpc) is 2.47. The minimum Gasteiger partial charge on any atom is -0.367 e. The normalized spacial score (nSPS) is 21.8. The average molecular weight is 286 g/mol. The van der Waals surface area contributed by atoms with Crippen molar-refractivity contribution < 1.29 is 9.53 Å². The lowest BCUT2D eigenvalue weighted by Gasteiger charge is -2.35. The fraction of sp³-hybridized carbons (Fsp3) is 0.632. The summed E-state index contributed by atoms with van der Waals surface area (Å²) in [5.41, 5.74) is 1.67. The van der Waals surface area contributed by atoms with E-state index in [-0.39, 0.29) is 5.78 Å². The Morgan fingerprint density at radius 2 is 1.76 bits per heavy atom. The van der Waals surface area contributed by atoms with Gasteiger partial charge in [0.2, 0.25) is 0 Å². The van der Waals surface area contributed by atoms with Crippen molar-refractivity contribution in [2.45, 2.75) is 69.8 Å². The zero-order valence-corrected chi connectivity index (χ0v) is 13.1. The van der Waals surface area contributed by atoms with Crippen LogP contribution in [0.3, 0.4) is 0 Å². The van der Waals surface area contributed by atoms with Gasteiger partial charge in [-0.1, -0.05) is 49.9 Å². The molecule has 114 valence electrons. The molecule has 2 saturated carbocycles. The first kappa shape index (κ1) is 14.8. The first-order chi connectivity index (χ1) is 10.2. The van der Waals surface area contributed by atoms with Crippen LogP contribution in [0.2, 0.25) is 0 Å². The van der Waals surface area contributed by atoms with Gasteiger partial charge >= 0.3 is 0 Å². The van der Waals surface area contributed by atoms with Crippen LogP contribution in [0.15, 0.2) is 24.3 Å². The van der Waals surface area contributed by atoms with Crippen LogP contribution in [0.4, 0.5) is 0 Å². The molecule has 21 heavy (non-hydrogen) atoms. The lowest BCUT2D eigenvalue weighted by molar-refractivity contribution is -0.0411. The number of ketones is 1. The molecule has 2 heteroatoms. The van der Waals surface area contributed by atoms with Gasteiger partial charge in [-0.2, -0.15) is 0 Å². The van der Waals surface area contributed by atoms with Gasteiger partial charge in [-0.3, -0.25) is 4.79 Å². The largest absolute Gasteiger partial charge is 0.367 e. The minimum atomic E-state index is -0.551. The Morgan fingerprint density at radius 3 is 2.29 bits per heavy atom. The van der Waals surface area contributed by atoms with Crippen LogP contribution in [-0.2, 0) is 4.74 Å². The quantitative estimate of drug-likeness (QED) is 0.721. The number of rotatable bonds is 5. The number of hydrogen-bond donors (Lipinski definition) is 0. The van der Waals surface area contributed by atoms with Gasteiger partial charge in [0.25, 0.3) is 0 Å². The van der Waals surface area contributed by atoms with Crippen molar-refractivity contribution in [1.29, 1.82) is 0 Å². The van der Waals surface area contributed by atoms with Crippen LogP contribution in [-0.4, -0.2) is 18.0 Å². The third-order valence-corrected chi connectivity index (χ3v) is 5.25. The minimum absolute atomic E-state index is 0.198. The van der Waals surface area contributed by atoms with Gasteiger partial charge in [0.15, 0.2) is 5.78 Å². The second-order valence-corrected chi connectivity index (χ2v) is 6.57. The summed E-state index contributed by atoms with van der Waals surface area (Å²) >= 11 is 0. The van der Waals surface area contributed by atoms with Crippen molar-refractivity contribution in [2.75, 3.05) is 6.61 Å². The van der Waals surface area contributed by atoms with Crippen LogP contribution in [0.1, 0.15) is 80.1 Å². The zero-order valence-electron chi connectivity index (χ0n) is 13.1. The summed E-state index contributed by atoms with van der Waals surface area (Å²) in [6.07, 6.45) is 9.14. The molecule has 1 aromatic rings. The Hall–Kier alpha value is -1.15. The Kier molecular flexibility index (Phi) is 4.44. The summed E-state index contributed by atoms with van der Waals surface area (Å²) in [6.45, 7) is 2.61. The van der Waals surface area contributed by atoms with Gasteiger partial charge in [-0.15, -0.1) is 0 Å². The van der Waals surface area contributed by atoms with Crippen LogP contribution in [0, 0.1) is 0 Å². The summed E-state index contributed by atoms with van der Waals surface area (Å²) < 4.78 is 5.95. The molecule has 2 aliphatic rings. The van der Waals surface area contributed by atoms with Crippen LogP contribution in [0.5, 0.6) is 0 Å². The van der Waals surface area contributed by atoms with Gasteiger partial charge in [0.1, 0.15) is 5.60 Å². The highest BCUT2D eigenvalue weighted by Gasteiger charge is 2.40. The molecule has 0 aliphatic heterocycles. The lowest BCUT2D eigenvalue weighted by Crippen LogP contribution is -2.43. The number of hydrogen-bond acceptors (Lipinski definition) is 2. The molecule has 2 fully saturated rings. The van der Waals surface area contributed by atoms with Crippen LogP contribution < -0.4 is 0 Å². The molecule has 3 rings (SSSR count). The number of carbonyl (C=O) groups is 1. The van der Waals surface area contributed by atoms with Gasteiger partial charge < -0.3 is 4.74 Å². The molecule has 0 spiro atoms. The van der Waals surface area contributed by atoms with Crippen molar-refractivity contribution in [1.82, 2.24) is 0 Å². The number of benzene rings is 1. The van der Waals surface area contributed by atoms with E-state index in [4.69, 9.17) is 4.74 Å². The molecular formula is C19H26O2. The smallest absolute Gasteiger partial charge is 0.194 e. The molecule has 0 unspecified atom stereocenters.